The summed E-state index contributed by atoms with van der Waals surface area (Å²) in [6, 6.07) is 6.22. The molecule has 1 aromatic carbocycles. The molecule has 1 amide bonds. The maximum Gasteiger partial charge on any atom is 0.251 e. The van der Waals surface area contributed by atoms with Crippen LogP contribution in [0.3, 0.4) is 0 Å². The van der Waals surface area contributed by atoms with E-state index in [1.807, 2.05) is 0 Å². The summed E-state index contributed by atoms with van der Waals surface area (Å²) < 4.78 is 32.7. The largest absolute Gasteiger partial charge is 0.384 e. The molecule has 3 N–H and O–H groups in total. The molecule has 0 spiro atoms. The molecular formula is C18H27N3O4S. The Morgan fingerprint density at radius 2 is 2.04 bits per heavy atom. The molecule has 0 aromatic heterocycles. The zero-order chi connectivity index (χ0) is 18.6. The second-order valence-corrected chi connectivity index (χ2v) is 9.00. The Morgan fingerprint density at radius 1 is 1.31 bits per heavy atom. The van der Waals surface area contributed by atoms with Gasteiger partial charge in [-0.25, -0.2) is 13.1 Å². The van der Waals surface area contributed by atoms with Gasteiger partial charge in [0.1, 0.15) is 0 Å². The highest BCUT2D eigenvalue weighted by Crippen LogP contribution is 2.28. The van der Waals surface area contributed by atoms with Gasteiger partial charge in [0.25, 0.3) is 5.91 Å². The Bertz CT molecular complexity index is 735. The lowest BCUT2D eigenvalue weighted by Crippen LogP contribution is -2.47. The van der Waals surface area contributed by atoms with Crippen molar-refractivity contribution in [2.75, 3.05) is 33.4 Å². The van der Waals surface area contributed by atoms with Crippen LogP contribution in [0.4, 0.5) is 0 Å². The molecule has 7 nitrogen and oxygen atoms in total. The van der Waals surface area contributed by atoms with E-state index in [-0.39, 0.29) is 22.3 Å². The van der Waals surface area contributed by atoms with Crippen LogP contribution in [0.25, 0.3) is 0 Å². The van der Waals surface area contributed by atoms with Gasteiger partial charge in [-0.2, -0.15) is 0 Å². The molecule has 0 unspecified atom stereocenters. The number of methoxy groups -OCH3 is 1. The maximum atomic E-state index is 12.6. The fraction of sp³-hybridized carbons (Fsp3) is 0.611. The van der Waals surface area contributed by atoms with Gasteiger partial charge in [0.2, 0.25) is 10.0 Å². The molecule has 3 rings (SSSR count). The van der Waals surface area contributed by atoms with Crippen molar-refractivity contribution < 1.29 is 17.9 Å². The molecule has 0 bridgehead atoms. The van der Waals surface area contributed by atoms with Crippen LogP contribution in [0, 0.1) is 5.41 Å². The van der Waals surface area contributed by atoms with E-state index in [2.05, 4.69) is 15.4 Å². The fourth-order valence-electron chi connectivity index (χ4n) is 3.30. The van der Waals surface area contributed by atoms with Crippen molar-refractivity contribution in [2.45, 2.75) is 36.6 Å². The van der Waals surface area contributed by atoms with Crippen molar-refractivity contribution in [1.82, 2.24) is 15.4 Å². The van der Waals surface area contributed by atoms with Crippen LogP contribution in [0.2, 0.25) is 0 Å². The third-order valence-electron chi connectivity index (χ3n) is 5.04. The van der Waals surface area contributed by atoms with E-state index >= 15 is 0 Å². The number of rotatable bonds is 8. The first kappa shape index (κ1) is 19.3. The van der Waals surface area contributed by atoms with Crippen LogP contribution in [-0.4, -0.2) is 53.7 Å². The summed E-state index contributed by atoms with van der Waals surface area (Å²) in [5, 5.41) is 6.28. The summed E-state index contributed by atoms with van der Waals surface area (Å²) in [6.07, 6.45) is 3.60. The lowest BCUT2D eigenvalue weighted by atomic mass is 9.79. The highest BCUT2D eigenvalue weighted by atomic mass is 32.2. The Kier molecular flexibility index (Phi) is 5.96. The molecule has 2 aliphatic rings. The Hall–Kier alpha value is -1.48. The topological polar surface area (TPSA) is 96.5 Å². The normalized spacial score (nSPS) is 19.9. The number of benzene rings is 1. The fourth-order valence-corrected chi connectivity index (χ4v) is 4.65. The molecule has 2 fully saturated rings. The maximum absolute atomic E-state index is 12.6. The summed E-state index contributed by atoms with van der Waals surface area (Å²) in [5.41, 5.74) is 0.275. The SMILES string of the molecule is COCC1(CNC(=O)c2cccc(S(=O)(=O)NC3CC3)c2)CCNCC1. The van der Waals surface area contributed by atoms with Gasteiger partial charge in [0, 0.05) is 30.7 Å². The van der Waals surface area contributed by atoms with Gasteiger partial charge in [0.15, 0.2) is 0 Å². The molecule has 1 aliphatic carbocycles. The first-order valence-electron chi connectivity index (χ1n) is 9.04. The number of ether oxygens (including phenoxy) is 1. The van der Waals surface area contributed by atoms with Crippen LogP contribution < -0.4 is 15.4 Å². The number of hydrogen-bond acceptors (Lipinski definition) is 5. The summed E-state index contributed by atoms with van der Waals surface area (Å²) in [6.45, 7) is 2.91. The Labute approximate surface area is 154 Å². The second kappa shape index (κ2) is 8.04. The monoisotopic (exact) mass is 381 g/mol. The van der Waals surface area contributed by atoms with Gasteiger partial charge in [-0.1, -0.05) is 6.07 Å². The smallest absolute Gasteiger partial charge is 0.251 e. The molecule has 144 valence electrons. The van der Waals surface area contributed by atoms with Crippen LogP contribution in [0.15, 0.2) is 29.2 Å². The Morgan fingerprint density at radius 3 is 2.69 bits per heavy atom. The summed E-state index contributed by atoms with van der Waals surface area (Å²) >= 11 is 0. The average Bonchev–Trinajstić information content (AvgIpc) is 3.44. The van der Waals surface area contributed by atoms with E-state index in [1.54, 1.807) is 19.2 Å². The Balaban J connectivity index is 1.66. The van der Waals surface area contributed by atoms with Crippen LogP contribution in [-0.2, 0) is 14.8 Å². The van der Waals surface area contributed by atoms with E-state index in [0.29, 0.717) is 18.7 Å². The highest BCUT2D eigenvalue weighted by molar-refractivity contribution is 7.89. The molecule has 1 saturated carbocycles. The molecule has 1 saturated heterocycles. The van der Waals surface area contributed by atoms with Crippen molar-refractivity contribution in [1.29, 1.82) is 0 Å². The zero-order valence-corrected chi connectivity index (χ0v) is 15.9. The minimum atomic E-state index is -3.57. The quantitative estimate of drug-likeness (QED) is 0.621. The molecule has 1 aliphatic heterocycles. The van der Waals surface area contributed by atoms with Crippen molar-refractivity contribution >= 4 is 15.9 Å². The third-order valence-corrected chi connectivity index (χ3v) is 6.56. The van der Waals surface area contributed by atoms with E-state index < -0.39 is 10.0 Å². The number of carbonyl (C=O) groups is 1. The molecule has 0 radical (unpaired) electrons. The minimum absolute atomic E-state index is 0.0336. The van der Waals surface area contributed by atoms with Gasteiger partial charge in [-0.3, -0.25) is 4.79 Å². The van der Waals surface area contributed by atoms with E-state index in [4.69, 9.17) is 4.74 Å². The average molecular weight is 381 g/mol. The van der Waals surface area contributed by atoms with Gasteiger partial charge in [-0.05, 0) is 57.0 Å². The predicted molar refractivity (Wildman–Crippen MR) is 98.5 cm³/mol. The predicted octanol–water partition coefficient (Wildman–Crippen LogP) is 0.873. The second-order valence-electron chi connectivity index (χ2n) is 7.29. The number of nitrogens with one attached hydrogen (secondary N) is 3. The highest BCUT2D eigenvalue weighted by Gasteiger charge is 2.33. The lowest BCUT2D eigenvalue weighted by molar-refractivity contribution is 0.0511. The summed E-state index contributed by atoms with van der Waals surface area (Å²) in [7, 11) is -1.89. The van der Waals surface area contributed by atoms with E-state index in [1.165, 1.54) is 12.1 Å². The number of hydrogen-bond donors (Lipinski definition) is 3. The number of amides is 1. The van der Waals surface area contributed by atoms with Gasteiger partial charge >= 0.3 is 0 Å². The van der Waals surface area contributed by atoms with E-state index in [9.17, 15) is 13.2 Å². The van der Waals surface area contributed by atoms with Crippen LogP contribution in [0.5, 0.6) is 0 Å². The third kappa shape index (κ3) is 4.82. The minimum Gasteiger partial charge on any atom is -0.384 e. The van der Waals surface area contributed by atoms with Crippen molar-refractivity contribution in [3.63, 3.8) is 0 Å². The van der Waals surface area contributed by atoms with Gasteiger partial charge in [-0.15, -0.1) is 0 Å². The number of piperidine rings is 1. The van der Waals surface area contributed by atoms with Gasteiger partial charge in [0.05, 0.1) is 11.5 Å². The zero-order valence-electron chi connectivity index (χ0n) is 15.1. The summed E-state index contributed by atoms with van der Waals surface area (Å²) in [5.74, 6) is -0.262. The van der Waals surface area contributed by atoms with E-state index in [0.717, 1.165) is 38.8 Å². The molecule has 8 heteroatoms. The molecule has 1 heterocycles. The van der Waals surface area contributed by atoms with Crippen LogP contribution >= 0.6 is 0 Å². The van der Waals surface area contributed by atoms with Crippen molar-refractivity contribution in [3.05, 3.63) is 29.8 Å². The molecule has 1 aromatic rings. The van der Waals surface area contributed by atoms with Gasteiger partial charge < -0.3 is 15.4 Å². The molecule has 0 atom stereocenters. The number of carbonyl (C=O) groups excluding carboxylic acids is 1. The molecule has 26 heavy (non-hydrogen) atoms. The lowest BCUT2D eigenvalue weighted by Gasteiger charge is -2.37. The number of sulfonamides is 1. The summed E-state index contributed by atoms with van der Waals surface area (Å²) in [4.78, 5) is 12.7. The van der Waals surface area contributed by atoms with Crippen molar-refractivity contribution in [3.8, 4) is 0 Å². The van der Waals surface area contributed by atoms with Crippen molar-refractivity contribution in [2.24, 2.45) is 5.41 Å². The first-order valence-corrected chi connectivity index (χ1v) is 10.5. The standard InChI is InChI=1S/C18H27N3O4S/c1-25-13-18(7-9-19-10-8-18)12-20-17(22)14-3-2-4-16(11-14)26(23,24)21-15-5-6-15/h2-4,11,15,19,21H,5-10,12-13H2,1H3,(H,20,22). The van der Waals surface area contributed by atoms with Crippen LogP contribution in [0.1, 0.15) is 36.0 Å². The first-order chi connectivity index (χ1) is 12.4. The molecular weight excluding hydrogens is 354 g/mol.